The van der Waals surface area contributed by atoms with E-state index in [0.29, 0.717) is 30.8 Å². The zero-order valence-corrected chi connectivity index (χ0v) is 18.5. The second-order valence-corrected chi connectivity index (χ2v) is 9.91. The van der Waals surface area contributed by atoms with Crippen LogP contribution in [-0.4, -0.2) is 28.8 Å². The fraction of sp³-hybridized carbons (Fsp3) is 0.308. The average molecular weight is 445 g/mol. The first kappa shape index (κ1) is 19.6. The van der Waals surface area contributed by atoms with Crippen LogP contribution in [-0.2, 0) is 13.2 Å². The van der Waals surface area contributed by atoms with Crippen molar-refractivity contribution in [3.05, 3.63) is 76.2 Å². The Labute approximate surface area is 191 Å². The maximum absolute atomic E-state index is 13.5. The van der Waals surface area contributed by atoms with Crippen LogP contribution in [0.2, 0.25) is 0 Å². The lowest BCUT2D eigenvalue weighted by Crippen LogP contribution is -2.32. The number of nitrogens with zero attached hydrogens (tertiary/aromatic N) is 1. The number of fused-ring (bicyclic) bond motifs is 3. The van der Waals surface area contributed by atoms with Crippen molar-refractivity contribution in [3.63, 3.8) is 0 Å². The molecule has 1 aliphatic heterocycles. The first-order valence-electron chi connectivity index (χ1n) is 11.2. The van der Waals surface area contributed by atoms with Gasteiger partial charge < -0.3 is 15.0 Å². The van der Waals surface area contributed by atoms with Gasteiger partial charge in [-0.3, -0.25) is 9.59 Å². The van der Waals surface area contributed by atoms with Crippen LogP contribution in [0, 0.1) is 0 Å². The molecule has 2 aliphatic carbocycles. The number of para-hydroxylation sites is 1. The number of benzene rings is 2. The second kappa shape index (κ2) is 7.78. The molecule has 5 nitrogen and oxygen atoms in total. The maximum atomic E-state index is 13.5. The van der Waals surface area contributed by atoms with Gasteiger partial charge in [-0.15, -0.1) is 11.3 Å². The van der Waals surface area contributed by atoms with Gasteiger partial charge in [0.15, 0.2) is 0 Å². The Morgan fingerprint density at radius 1 is 1.03 bits per heavy atom. The standard InChI is InChI=1S/C26H24N2O3S/c29-25(27-19-9-10-19)17-7-5-16(6-8-17)14-28(20-11-12-20)26(30)23-13-18-15-31-22-4-2-1-3-21(22)24(18)32-23/h1-8,13,19-20H,9-12,14-15H2,(H,27,29). The Morgan fingerprint density at radius 2 is 1.81 bits per heavy atom. The van der Waals surface area contributed by atoms with Gasteiger partial charge in [0.25, 0.3) is 11.8 Å². The maximum Gasteiger partial charge on any atom is 0.264 e. The van der Waals surface area contributed by atoms with Crippen molar-refractivity contribution in [3.8, 4) is 16.2 Å². The van der Waals surface area contributed by atoms with Crippen molar-refractivity contribution >= 4 is 23.2 Å². The van der Waals surface area contributed by atoms with Crippen LogP contribution < -0.4 is 10.1 Å². The molecule has 0 saturated heterocycles. The van der Waals surface area contributed by atoms with E-state index < -0.39 is 0 Å². The smallest absolute Gasteiger partial charge is 0.264 e. The number of ether oxygens (including phenoxy) is 1. The van der Waals surface area contributed by atoms with Gasteiger partial charge in [0.2, 0.25) is 0 Å². The van der Waals surface area contributed by atoms with Crippen LogP contribution in [0.1, 0.15) is 56.8 Å². The van der Waals surface area contributed by atoms with E-state index in [9.17, 15) is 9.59 Å². The molecule has 162 valence electrons. The van der Waals surface area contributed by atoms with E-state index in [1.54, 1.807) is 11.3 Å². The molecule has 0 atom stereocenters. The summed E-state index contributed by atoms with van der Waals surface area (Å²) < 4.78 is 5.87. The molecule has 2 aromatic carbocycles. The molecule has 2 heterocycles. The van der Waals surface area contributed by atoms with Gasteiger partial charge in [-0.1, -0.05) is 24.3 Å². The highest BCUT2D eigenvalue weighted by molar-refractivity contribution is 7.17. The molecule has 0 unspecified atom stereocenters. The monoisotopic (exact) mass is 444 g/mol. The number of hydrogen-bond acceptors (Lipinski definition) is 4. The molecule has 2 fully saturated rings. The van der Waals surface area contributed by atoms with Crippen LogP contribution in [0.15, 0.2) is 54.6 Å². The van der Waals surface area contributed by atoms with Gasteiger partial charge in [0, 0.05) is 40.2 Å². The fourth-order valence-corrected chi connectivity index (χ4v) is 5.31. The van der Waals surface area contributed by atoms with E-state index in [0.717, 1.165) is 57.9 Å². The highest BCUT2D eigenvalue weighted by atomic mass is 32.1. The topological polar surface area (TPSA) is 58.6 Å². The summed E-state index contributed by atoms with van der Waals surface area (Å²) in [6.07, 6.45) is 4.24. The summed E-state index contributed by atoms with van der Waals surface area (Å²) in [6.45, 7) is 1.06. The van der Waals surface area contributed by atoms with Crippen LogP contribution >= 0.6 is 11.3 Å². The molecule has 32 heavy (non-hydrogen) atoms. The van der Waals surface area contributed by atoms with E-state index >= 15 is 0 Å². The van der Waals surface area contributed by atoms with Gasteiger partial charge in [0.05, 0.1) is 4.88 Å². The molecule has 6 rings (SSSR count). The van der Waals surface area contributed by atoms with Gasteiger partial charge in [-0.25, -0.2) is 0 Å². The summed E-state index contributed by atoms with van der Waals surface area (Å²) in [4.78, 5) is 29.6. The first-order valence-corrected chi connectivity index (χ1v) is 12.0. The highest BCUT2D eigenvalue weighted by Gasteiger charge is 2.34. The quantitative estimate of drug-likeness (QED) is 0.582. The average Bonchev–Trinajstić information content (AvgIpc) is 3.76. The molecule has 3 aliphatic rings. The lowest BCUT2D eigenvalue weighted by Gasteiger charge is -2.22. The van der Waals surface area contributed by atoms with Crippen LogP contribution in [0.3, 0.4) is 0 Å². The van der Waals surface area contributed by atoms with Crippen molar-refractivity contribution in [2.24, 2.45) is 0 Å². The zero-order chi connectivity index (χ0) is 21.7. The van der Waals surface area contributed by atoms with Crippen molar-refractivity contribution in [1.82, 2.24) is 10.2 Å². The molecule has 3 aromatic rings. The van der Waals surface area contributed by atoms with E-state index in [1.807, 2.05) is 53.4 Å². The summed E-state index contributed by atoms with van der Waals surface area (Å²) in [5.74, 6) is 0.950. The number of nitrogens with one attached hydrogen (secondary N) is 1. The summed E-state index contributed by atoms with van der Waals surface area (Å²) in [6, 6.07) is 18.3. The summed E-state index contributed by atoms with van der Waals surface area (Å²) in [5, 5.41) is 3.02. The van der Waals surface area contributed by atoms with Gasteiger partial charge in [0.1, 0.15) is 12.4 Å². The lowest BCUT2D eigenvalue weighted by molar-refractivity contribution is 0.0734. The predicted octanol–water partition coefficient (Wildman–Crippen LogP) is 5.00. The van der Waals surface area contributed by atoms with Crippen LogP contribution in [0.4, 0.5) is 0 Å². The Balaban J connectivity index is 1.21. The van der Waals surface area contributed by atoms with Crippen molar-refractivity contribution in [1.29, 1.82) is 0 Å². The predicted molar refractivity (Wildman–Crippen MR) is 124 cm³/mol. The number of thiophene rings is 1. The van der Waals surface area contributed by atoms with Gasteiger partial charge in [-0.2, -0.15) is 0 Å². The number of hydrogen-bond donors (Lipinski definition) is 1. The van der Waals surface area contributed by atoms with E-state index in [-0.39, 0.29) is 11.8 Å². The van der Waals surface area contributed by atoms with Gasteiger partial charge in [-0.05, 0) is 61.6 Å². The molecule has 0 bridgehead atoms. The van der Waals surface area contributed by atoms with Crippen molar-refractivity contribution < 1.29 is 14.3 Å². The largest absolute Gasteiger partial charge is 0.488 e. The first-order chi connectivity index (χ1) is 15.7. The Morgan fingerprint density at radius 3 is 2.56 bits per heavy atom. The minimum Gasteiger partial charge on any atom is -0.488 e. The number of amides is 2. The van der Waals surface area contributed by atoms with E-state index in [4.69, 9.17) is 4.74 Å². The van der Waals surface area contributed by atoms with Crippen LogP contribution in [0.5, 0.6) is 5.75 Å². The molecule has 2 amide bonds. The Hall–Kier alpha value is -3.12. The van der Waals surface area contributed by atoms with Crippen molar-refractivity contribution in [2.45, 2.75) is 50.9 Å². The third-order valence-corrected chi connectivity index (χ3v) is 7.46. The third kappa shape index (κ3) is 3.79. The third-order valence-electron chi connectivity index (χ3n) is 6.26. The number of rotatable bonds is 6. The molecule has 2 saturated carbocycles. The lowest BCUT2D eigenvalue weighted by atomic mass is 10.1. The van der Waals surface area contributed by atoms with E-state index in [2.05, 4.69) is 11.4 Å². The molecule has 0 radical (unpaired) electrons. The molecule has 1 aromatic heterocycles. The SMILES string of the molecule is O=C(NC1CC1)c1ccc(CN(C(=O)c2cc3c(s2)-c2ccccc2OC3)C2CC2)cc1. The van der Waals surface area contributed by atoms with E-state index in [1.165, 1.54) is 0 Å². The molecule has 6 heteroatoms. The number of carbonyl (C=O) groups is 2. The van der Waals surface area contributed by atoms with Crippen LogP contribution in [0.25, 0.3) is 10.4 Å². The molecule has 1 N–H and O–H groups in total. The Bertz CT molecular complexity index is 1190. The minimum absolute atomic E-state index is 0.0131. The van der Waals surface area contributed by atoms with Crippen molar-refractivity contribution in [2.75, 3.05) is 0 Å². The van der Waals surface area contributed by atoms with Gasteiger partial charge >= 0.3 is 0 Å². The molecule has 0 spiro atoms. The highest BCUT2D eigenvalue weighted by Crippen LogP contribution is 2.43. The Kier molecular flexibility index (Phi) is 4.76. The summed E-state index contributed by atoms with van der Waals surface area (Å²) >= 11 is 1.56. The minimum atomic E-state index is -0.0131. The normalized spacial score (nSPS) is 16.5. The molecular formula is C26H24N2O3S. The summed E-state index contributed by atoms with van der Waals surface area (Å²) in [7, 11) is 0. The second-order valence-electron chi connectivity index (χ2n) is 8.86. The fourth-order valence-electron chi connectivity index (χ4n) is 4.15. The number of carbonyl (C=O) groups excluding carboxylic acids is 2. The zero-order valence-electron chi connectivity index (χ0n) is 17.7. The molecular weight excluding hydrogens is 420 g/mol. The summed E-state index contributed by atoms with van der Waals surface area (Å²) in [5.41, 5.74) is 3.87.